The van der Waals surface area contributed by atoms with Gasteiger partial charge in [-0.15, -0.1) is 0 Å². The summed E-state index contributed by atoms with van der Waals surface area (Å²) in [5.41, 5.74) is 8.72. The Bertz CT molecular complexity index is 486. The van der Waals surface area contributed by atoms with Crippen molar-refractivity contribution in [2.24, 2.45) is 18.2 Å². The molecule has 2 unspecified atom stereocenters. The van der Waals surface area contributed by atoms with Gasteiger partial charge in [-0.2, -0.15) is 5.10 Å². The van der Waals surface area contributed by atoms with Crippen LogP contribution in [0.15, 0.2) is 0 Å². The van der Waals surface area contributed by atoms with Gasteiger partial charge in [-0.3, -0.25) is 4.68 Å². The minimum absolute atomic E-state index is 0.227. The lowest BCUT2D eigenvalue weighted by molar-refractivity contribution is -0.0776. The summed E-state index contributed by atoms with van der Waals surface area (Å²) < 4.78 is 8.29. The Labute approximate surface area is 121 Å². The molecule has 2 atom stereocenters. The Morgan fingerprint density at radius 2 is 1.85 bits per heavy atom. The summed E-state index contributed by atoms with van der Waals surface area (Å²) in [4.78, 5) is 0. The molecule has 1 aromatic heterocycles. The Hall–Kier alpha value is -1.03. The standard InChI is InChI=1S/C16H27N3O/c1-11-15(12(2)19(3)18-11)20-14-10-13(17)16(14)8-6-4-5-7-9-16/h13-14H,4-10,17H2,1-3H3. The van der Waals surface area contributed by atoms with Crippen molar-refractivity contribution in [3.05, 3.63) is 11.4 Å². The summed E-state index contributed by atoms with van der Waals surface area (Å²) in [5.74, 6) is 0.980. The van der Waals surface area contributed by atoms with Gasteiger partial charge in [-0.25, -0.2) is 0 Å². The van der Waals surface area contributed by atoms with Crippen LogP contribution < -0.4 is 10.5 Å². The van der Waals surface area contributed by atoms with Crippen molar-refractivity contribution in [2.45, 2.75) is 70.9 Å². The Morgan fingerprint density at radius 1 is 1.20 bits per heavy atom. The van der Waals surface area contributed by atoms with E-state index in [0.29, 0.717) is 6.04 Å². The summed E-state index contributed by atoms with van der Waals surface area (Å²) in [6.07, 6.45) is 9.06. The van der Waals surface area contributed by atoms with Crippen LogP contribution in [-0.4, -0.2) is 21.9 Å². The molecule has 1 aromatic rings. The molecule has 2 N–H and O–H groups in total. The molecule has 4 heteroatoms. The third kappa shape index (κ3) is 2.05. The zero-order valence-electron chi connectivity index (χ0n) is 13.0. The Balaban J connectivity index is 1.80. The van der Waals surface area contributed by atoms with E-state index in [1.807, 2.05) is 18.7 Å². The second kappa shape index (κ2) is 5.06. The van der Waals surface area contributed by atoms with Gasteiger partial charge in [0.15, 0.2) is 5.75 Å². The molecular weight excluding hydrogens is 250 g/mol. The maximum atomic E-state index is 6.39. The fourth-order valence-corrected chi connectivity index (χ4v) is 4.09. The highest BCUT2D eigenvalue weighted by Crippen LogP contribution is 2.51. The van der Waals surface area contributed by atoms with Gasteiger partial charge >= 0.3 is 0 Å². The number of nitrogens with zero attached hydrogens (tertiary/aromatic N) is 2. The molecule has 1 heterocycles. The first-order valence-electron chi connectivity index (χ1n) is 7.97. The second-order valence-electron chi connectivity index (χ2n) is 6.72. The molecule has 0 aliphatic heterocycles. The number of ether oxygens (including phenoxy) is 1. The largest absolute Gasteiger partial charge is 0.486 e. The number of aromatic nitrogens is 2. The third-order valence-corrected chi connectivity index (χ3v) is 5.58. The highest BCUT2D eigenvalue weighted by atomic mass is 16.5. The molecule has 2 aliphatic rings. The molecule has 0 radical (unpaired) electrons. The van der Waals surface area contributed by atoms with E-state index in [1.165, 1.54) is 38.5 Å². The molecule has 2 aliphatic carbocycles. The lowest BCUT2D eigenvalue weighted by Crippen LogP contribution is -2.63. The molecule has 0 amide bonds. The quantitative estimate of drug-likeness (QED) is 0.904. The molecule has 2 fully saturated rings. The fourth-order valence-electron chi connectivity index (χ4n) is 4.09. The van der Waals surface area contributed by atoms with Gasteiger partial charge in [0.25, 0.3) is 0 Å². The average Bonchev–Trinajstić information content (AvgIpc) is 2.66. The van der Waals surface area contributed by atoms with Crippen molar-refractivity contribution >= 4 is 0 Å². The van der Waals surface area contributed by atoms with E-state index in [9.17, 15) is 0 Å². The van der Waals surface area contributed by atoms with Gasteiger partial charge in [-0.05, 0) is 26.7 Å². The van der Waals surface area contributed by atoms with Gasteiger partial charge in [0.2, 0.25) is 0 Å². The van der Waals surface area contributed by atoms with Crippen LogP contribution in [0.3, 0.4) is 0 Å². The van der Waals surface area contributed by atoms with E-state index in [4.69, 9.17) is 10.5 Å². The van der Waals surface area contributed by atoms with Gasteiger partial charge in [0.1, 0.15) is 11.8 Å². The van der Waals surface area contributed by atoms with Gasteiger partial charge in [0, 0.05) is 24.9 Å². The van der Waals surface area contributed by atoms with E-state index >= 15 is 0 Å². The van der Waals surface area contributed by atoms with Crippen LogP contribution in [0.4, 0.5) is 0 Å². The van der Waals surface area contributed by atoms with Crippen LogP contribution in [0.5, 0.6) is 5.75 Å². The van der Waals surface area contributed by atoms with Crippen LogP contribution in [-0.2, 0) is 7.05 Å². The van der Waals surface area contributed by atoms with E-state index in [2.05, 4.69) is 12.0 Å². The third-order valence-electron chi connectivity index (χ3n) is 5.58. The molecule has 3 rings (SSSR count). The van der Waals surface area contributed by atoms with Gasteiger partial charge in [0.05, 0.1) is 5.69 Å². The minimum Gasteiger partial charge on any atom is -0.486 e. The van der Waals surface area contributed by atoms with Crippen LogP contribution in [0.25, 0.3) is 0 Å². The van der Waals surface area contributed by atoms with Crippen LogP contribution in [0.2, 0.25) is 0 Å². The summed E-state index contributed by atoms with van der Waals surface area (Å²) >= 11 is 0. The number of hydrogen-bond donors (Lipinski definition) is 1. The van der Waals surface area contributed by atoms with Crippen molar-refractivity contribution in [3.8, 4) is 5.75 Å². The number of hydrogen-bond acceptors (Lipinski definition) is 3. The van der Waals surface area contributed by atoms with Crippen LogP contribution in [0.1, 0.15) is 56.3 Å². The first-order valence-corrected chi connectivity index (χ1v) is 7.97. The first-order chi connectivity index (χ1) is 9.54. The van der Waals surface area contributed by atoms with Gasteiger partial charge < -0.3 is 10.5 Å². The lowest BCUT2D eigenvalue weighted by atomic mass is 9.58. The van der Waals surface area contributed by atoms with Crippen LogP contribution >= 0.6 is 0 Å². The average molecular weight is 277 g/mol. The van der Waals surface area contributed by atoms with Crippen LogP contribution in [0, 0.1) is 19.3 Å². The number of aryl methyl sites for hydroxylation is 2. The summed E-state index contributed by atoms with van der Waals surface area (Å²) in [6.45, 7) is 4.11. The highest BCUT2D eigenvalue weighted by Gasteiger charge is 2.54. The normalized spacial score (nSPS) is 29.0. The monoisotopic (exact) mass is 277 g/mol. The van der Waals surface area contributed by atoms with E-state index in [1.54, 1.807) is 0 Å². The molecule has 0 saturated heterocycles. The van der Waals surface area contributed by atoms with E-state index < -0.39 is 0 Å². The predicted octanol–water partition coefficient (Wildman–Crippen LogP) is 2.86. The zero-order chi connectivity index (χ0) is 14.3. The second-order valence-corrected chi connectivity index (χ2v) is 6.72. The molecule has 0 aromatic carbocycles. The minimum atomic E-state index is 0.227. The van der Waals surface area contributed by atoms with Crippen molar-refractivity contribution in [2.75, 3.05) is 0 Å². The molecule has 20 heavy (non-hydrogen) atoms. The maximum absolute atomic E-state index is 6.39. The molecule has 4 nitrogen and oxygen atoms in total. The molecule has 0 bridgehead atoms. The zero-order valence-corrected chi connectivity index (χ0v) is 13.0. The number of rotatable bonds is 2. The van der Waals surface area contributed by atoms with Crippen molar-refractivity contribution in [3.63, 3.8) is 0 Å². The molecule has 1 spiro atoms. The lowest BCUT2D eigenvalue weighted by Gasteiger charge is -2.54. The summed E-state index contributed by atoms with van der Waals surface area (Å²) in [6, 6.07) is 0.322. The van der Waals surface area contributed by atoms with E-state index in [-0.39, 0.29) is 11.5 Å². The molecule has 112 valence electrons. The summed E-state index contributed by atoms with van der Waals surface area (Å²) in [7, 11) is 1.98. The predicted molar refractivity (Wildman–Crippen MR) is 79.8 cm³/mol. The number of nitrogens with two attached hydrogens (primary N) is 1. The smallest absolute Gasteiger partial charge is 0.163 e. The molecular formula is C16H27N3O. The summed E-state index contributed by atoms with van der Waals surface area (Å²) in [5, 5.41) is 4.45. The van der Waals surface area contributed by atoms with Crippen molar-refractivity contribution in [1.29, 1.82) is 0 Å². The first kappa shape index (κ1) is 13.9. The highest BCUT2D eigenvalue weighted by molar-refractivity contribution is 5.32. The molecule has 2 saturated carbocycles. The van der Waals surface area contributed by atoms with Crippen molar-refractivity contribution < 1.29 is 4.74 Å². The van der Waals surface area contributed by atoms with Crippen molar-refractivity contribution in [1.82, 2.24) is 9.78 Å². The topological polar surface area (TPSA) is 53.1 Å². The SMILES string of the molecule is Cc1nn(C)c(C)c1OC1CC(N)C12CCCCCC2. The Morgan fingerprint density at radius 3 is 2.35 bits per heavy atom. The van der Waals surface area contributed by atoms with Gasteiger partial charge in [-0.1, -0.05) is 25.7 Å². The fraction of sp³-hybridized carbons (Fsp3) is 0.812. The maximum Gasteiger partial charge on any atom is 0.163 e. The Kier molecular flexibility index (Phi) is 3.53. The van der Waals surface area contributed by atoms with E-state index in [0.717, 1.165) is 23.6 Å².